The molecule has 9 aromatic rings. The number of fused-ring (bicyclic) bond motifs is 8. The van der Waals surface area contributed by atoms with E-state index in [0.717, 1.165) is 71.8 Å². The van der Waals surface area contributed by atoms with Gasteiger partial charge in [0.05, 0.1) is 27.7 Å². The standard InChI is InChI=1S/C44H36N2O2/c1-25(2)34-23-29(28-14-7-6-8-15-28)24-35(26(3)4)41(34)46-40-27(5)13-11-19-36(40)45-44(46)33-18-12-17-30-31-21-22-38-39(43(31)48-42(30)33)32-16-9-10-20-37(32)47-38/h6-26H,1-5H3/i5D3. The fraction of sp³-hybridized carbons (Fsp3) is 0.159. The zero-order chi connectivity index (χ0) is 35.2. The molecule has 0 aliphatic carbocycles. The highest BCUT2D eigenvalue weighted by Crippen LogP contribution is 2.45. The maximum Gasteiger partial charge on any atom is 0.149 e. The van der Waals surface area contributed by atoms with Crippen molar-refractivity contribution in [3.8, 4) is 28.2 Å². The van der Waals surface area contributed by atoms with Crippen molar-refractivity contribution in [1.29, 1.82) is 0 Å². The Bertz CT molecular complexity index is 2770. The highest BCUT2D eigenvalue weighted by molar-refractivity contribution is 6.23. The zero-order valence-electron chi connectivity index (χ0n) is 30.3. The lowest BCUT2D eigenvalue weighted by molar-refractivity contribution is 0.663. The summed E-state index contributed by atoms with van der Waals surface area (Å²) in [6, 6.07) is 38.6. The van der Waals surface area contributed by atoms with Gasteiger partial charge in [0.2, 0.25) is 0 Å². The highest BCUT2D eigenvalue weighted by Gasteiger charge is 2.26. The molecule has 4 nitrogen and oxygen atoms in total. The monoisotopic (exact) mass is 627 g/mol. The summed E-state index contributed by atoms with van der Waals surface area (Å²) in [7, 11) is 0. The second-order valence-corrected chi connectivity index (χ2v) is 13.3. The number of rotatable bonds is 5. The second-order valence-electron chi connectivity index (χ2n) is 13.3. The molecule has 3 aromatic heterocycles. The van der Waals surface area contributed by atoms with Gasteiger partial charge in [-0.3, -0.25) is 4.57 Å². The molecule has 0 spiro atoms. The average Bonchev–Trinajstić information content (AvgIpc) is 3.82. The molecule has 0 atom stereocenters. The number of aromatic nitrogens is 2. The second kappa shape index (κ2) is 10.7. The molecule has 3 heterocycles. The fourth-order valence-electron chi connectivity index (χ4n) is 7.38. The summed E-state index contributed by atoms with van der Waals surface area (Å²) in [5, 5.41) is 3.87. The molecule has 48 heavy (non-hydrogen) atoms. The molecule has 0 saturated heterocycles. The summed E-state index contributed by atoms with van der Waals surface area (Å²) < 4.78 is 41.2. The van der Waals surface area contributed by atoms with E-state index in [1.54, 1.807) is 12.1 Å². The lowest BCUT2D eigenvalue weighted by atomic mass is 9.88. The number of imidazole rings is 1. The summed E-state index contributed by atoms with van der Waals surface area (Å²) in [5.41, 5.74) is 10.7. The summed E-state index contributed by atoms with van der Waals surface area (Å²) in [6.07, 6.45) is 0. The van der Waals surface area contributed by atoms with Gasteiger partial charge in [0, 0.05) is 20.3 Å². The van der Waals surface area contributed by atoms with Crippen LogP contribution in [0.1, 0.15) is 60.3 Å². The van der Waals surface area contributed by atoms with Crippen LogP contribution < -0.4 is 0 Å². The number of aryl methyl sites for hydroxylation is 1. The van der Waals surface area contributed by atoms with Crippen LogP contribution in [0.25, 0.3) is 83.1 Å². The van der Waals surface area contributed by atoms with E-state index in [0.29, 0.717) is 22.4 Å². The van der Waals surface area contributed by atoms with Crippen molar-refractivity contribution in [2.24, 2.45) is 0 Å². The van der Waals surface area contributed by atoms with Crippen molar-refractivity contribution in [3.05, 3.63) is 132 Å². The van der Waals surface area contributed by atoms with Gasteiger partial charge in [0.1, 0.15) is 28.2 Å². The fourth-order valence-corrected chi connectivity index (χ4v) is 7.38. The van der Waals surface area contributed by atoms with E-state index in [4.69, 9.17) is 17.9 Å². The van der Waals surface area contributed by atoms with Gasteiger partial charge in [0.25, 0.3) is 0 Å². The van der Waals surface area contributed by atoms with Gasteiger partial charge in [-0.2, -0.15) is 0 Å². The van der Waals surface area contributed by atoms with E-state index in [-0.39, 0.29) is 17.4 Å². The number of para-hydroxylation sites is 3. The number of hydrogen-bond donors (Lipinski definition) is 0. The molecule has 0 radical (unpaired) electrons. The van der Waals surface area contributed by atoms with Crippen LogP contribution in [0.15, 0.2) is 124 Å². The topological polar surface area (TPSA) is 44.1 Å². The normalized spacial score (nSPS) is 13.4. The third-order valence-electron chi connectivity index (χ3n) is 9.67. The third-order valence-corrected chi connectivity index (χ3v) is 9.67. The van der Waals surface area contributed by atoms with Crippen molar-refractivity contribution in [1.82, 2.24) is 9.55 Å². The maximum atomic E-state index is 8.65. The molecule has 0 N–H and O–H groups in total. The van der Waals surface area contributed by atoms with Crippen LogP contribution in [0.5, 0.6) is 0 Å². The Kier molecular flexibility index (Phi) is 5.69. The van der Waals surface area contributed by atoms with Crippen LogP contribution >= 0.6 is 0 Å². The molecule has 0 bridgehead atoms. The maximum absolute atomic E-state index is 8.65. The molecular formula is C44H36N2O2. The van der Waals surface area contributed by atoms with Gasteiger partial charge in [0.15, 0.2) is 0 Å². The minimum absolute atomic E-state index is 0.121. The van der Waals surface area contributed by atoms with E-state index in [1.807, 2.05) is 48.5 Å². The van der Waals surface area contributed by atoms with Gasteiger partial charge in [-0.1, -0.05) is 100 Å². The first-order chi connectivity index (χ1) is 24.6. The Morgan fingerprint density at radius 3 is 2.10 bits per heavy atom. The molecule has 0 amide bonds. The van der Waals surface area contributed by atoms with E-state index in [2.05, 4.69) is 86.9 Å². The molecule has 4 heteroatoms. The number of benzene rings is 6. The average molecular weight is 628 g/mol. The Morgan fingerprint density at radius 2 is 1.33 bits per heavy atom. The molecule has 6 aromatic carbocycles. The largest absolute Gasteiger partial charge is 0.456 e. The summed E-state index contributed by atoms with van der Waals surface area (Å²) in [5.74, 6) is 0.878. The van der Waals surface area contributed by atoms with E-state index in [9.17, 15) is 0 Å². The Labute approximate surface area is 283 Å². The van der Waals surface area contributed by atoms with Crippen molar-refractivity contribution in [2.75, 3.05) is 0 Å². The minimum atomic E-state index is -2.37. The first-order valence-corrected chi connectivity index (χ1v) is 16.6. The van der Waals surface area contributed by atoms with Crippen molar-refractivity contribution < 1.29 is 12.9 Å². The smallest absolute Gasteiger partial charge is 0.149 e. The predicted octanol–water partition coefficient (Wildman–Crippen LogP) is 12.7. The molecular weight excluding hydrogens is 588 g/mol. The van der Waals surface area contributed by atoms with Crippen LogP contribution in [-0.4, -0.2) is 9.55 Å². The summed E-state index contributed by atoms with van der Waals surface area (Å²) >= 11 is 0. The van der Waals surface area contributed by atoms with Crippen molar-refractivity contribution in [2.45, 2.75) is 46.4 Å². The molecule has 0 fully saturated rings. The quantitative estimate of drug-likeness (QED) is 0.191. The highest BCUT2D eigenvalue weighted by atomic mass is 16.3. The number of hydrogen-bond acceptors (Lipinski definition) is 3. The van der Waals surface area contributed by atoms with Gasteiger partial charge in [-0.15, -0.1) is 0 Å². The molecule has 234 valence electrons. The summed E-state index contributed by atoms with van der Waals surface area (Å²) in [4.78, 5) is 5.27. The SMILES string of the molecule is [2H]C([2H])([2H])c1cccc2nc(-c3cccc4c3oc3c4ccc4oc5ccccc5c43)n(-c3c(C(C)C)cc(-c4ccccc4)cc3C(C)C)c12. The zero-order valence-corrected chi connectivity index (χ0v) is 27.3. The first kappa shape index (κ1) is 25.5. The molecule has 0 aliphatic heterocycles. The lowest BCUT2D eigenvalue weighted by Gasteiger charge is -2.24. The number of nitrogens with zero attached hydrogens (tertiary/aromatic N) is 2. The van der Waals surface area contributed by atoms with Gasteiger partial charge >= 0.3 is 0 Å². The lowest BCUT2D eigenvalue weighted by Crippen LogP contribution is -2.10. The van der Waals surface area contributed by atoms with Crippen molar-refractivity contribution in [3.63, 3.8) is 0 Å². The molecule has 0 unspecified atom stereocenters. The van der Waals surface area contributed by atoms with Crippen molar-refractivity contribution >= 4 is 54.9 Å². The Balaban J connectivity index is 1.43. The first-order valence-electron chi connectivity index (χ1n) is 18.1. The van der Waals surface area contributed by atoms with E-state index >= 15 is 0 Å². The minimum Gasteiger partial charge on any atom is -0.456 e. The van der Waals surface area contributed by atoms with Gasteiger partial charge in [-0.25, -0.2) is 4.98 Å². The Hall–Kier alpha value is -5.61. The van der Waals surface area contributed by atoms with Crippen LogP contribution in [0.2, 0.25) is 0 Å². The summed E-state index contributed by atoms with van der Waals surface area (Å²) in [6.45, 7) is 6.42. The van der Waals surface area contributed by atoms with Gasteiger partial charge < -0.3 is 8.83 Å². The van der Waals surface area contributed by atoms with E-state index < -0.39 is 6.85 Å². The van der Waals surface area contributed by atoms with Gasteiger partial charge in [-0.05, 0) is 89.0 Å². The third kappa shape index (κ3) is 4.18. The number of furan rings is 2. The van der Waals surface area contributed by atoms with Crippen LogP contribution in [-0.2, 0) is 0 Å². The molecule has 0 aliphatic rings. The van der Waals surface area contributed by atoms with Crippen LogP contribution in [0, 0.1) is 6.85 Å². The molecule has 9 rings (SSSR count). The van der Waals surface area contributed by atoms with Crippen LogP contribution in [0.4, 0.5) is 0 Å². The van der Waals surface area contributed by atoms with E-state index in [1.165, 1.54) is 0 Å². The predicted molar refractivity (Wildman–Crippen MR) is 199 cm³/mol. The molecule has 0 saturated carbocycles. The Morgan fingerprint density at radius 1 is 0.625 bits per heavy atom. The van der Waals surface area contributed by atoms with Crippen LogP contribution in [0.3, 0.4) is 0 Å².